The van der Waals surface area contributed by atoms with Crippen LogP contribution in [-0.2, 0) is 11.5 Å². The van der Waals surface area contributed by atoms with Crippen LogP contribution >= 0.6 is 12.6 Å². The zero-order chi connectivity index (χ0) is 14.8. The van der Waals surface area contributed by atoms with E-state index in [1.807, 2.05) is 10.6 Å². The number of aromatic nitrogens is 3. The van der Waals surface area contributed by atoms with Gasteiger partial charge in [-0.3, -0.25) is 4.57 Å². The number of rotatable bonds is 4. The summed E-state index contributed by atoms with van der Waals surface area (Å²) >= 11 is 4.11. The van der Waals surface area contributed by atoms with Crippen LogP contribution < -0.4 is 0 Å². The second-order valence-corrected chi connectivity index (χ2v) is 4.90. The largest absolute Gasteiger partial charge is 0.506 e. The van der Waals surface area contributed by atoms with Crippen LogP contribution in [0.5, 0.6) is 5.75 Å². The molecular weight excluding hydrogens is 288 g/mol. The van der Waals surface area contributed by atoms with E-state index >= 15 is 0 Å². The number of aromatic hydroxyl groups is 1. The van der Waals surface area contributed by atoms with Crippen LogP contribution in [0.3, 0.4) is 0 Å². The maximum Gasteiger partial charge on any atom is 0.143 e. The van der Waals surface area contributed by atoms with E-state index in [1.54, 1.807) is 18.3 Å². The molecule has 3 aromatic heterocycles. The van der Waals surface area contributed by atoms with Crippen LogP contribution in [0.15, 0.2) is 24.5 Å². The van der Waals surface area contributed by atoms with Crippen molar-refractivity contribution in [2.45, 2.75) is 6.73 Å². The molecular formula is C14H12N4O2S. The van der Waals surface area contributed by atoms with E-state index in [2.05, 4.69) is 22.6 Å². The quantitative estimate of drug-likeness (QED) is 0.569. The number of fused-ring (bicyclic) bond motifs is 3. The van der Waals surface area contributed by atoms with Crippen LogP contribution in [0.25, 0.3) is 21.9 Å². The van der Waals surface area contributed by atoms with Gasteiger partial charge in [0.05, 0.1) is 24.5 Å². The lowest BCUT2D eigenvalue weighted by atomic mass is 10.2. The van der Waals surface area contributed by atoms with E-state index < -0.39 is 0 Å². The number of ether oxygens (including phenoxy) is 1. The van der Waals surface area contributed by atoms with Gasteiger partial charge in [-0.2, -0.15) is 17.9 Å². The first-order valence-electron chi connectivity index (χ1n) is 6.30. The van der Waals surface area contributed by atoms with Crippen molar-refractivity contribution in [3.05, 3.63) is 30.2 Å². The van der Waals surface area contributed by atoms with Crippen LogP contribution in [0.1, 0.15) is 5.69 Å². The molecule has 3 heterocycles. The lowest BCUT2D eigenvalue weighted by molar-refractivity contribution is 0.0955. The van der Waals surface area contributed by atoms with Crippen molar-refractivity contribution in [3.63, 3.8) is 0 Å². The van der Waals surface area contributed by atoms with Crippen molar-refractivity contribution < 1.29 is 9.84 Å². The summed E-state index contributed by atoms with van der Waals surface area (Å²) in [6.07, 6.45) is 3.01. The highest BCUT2D eigenvalue weighted by atomic mass is 32.1. The summed E-state index contributed by atoms with van der Waals surface area (Å²) in [5.74, 6) is 0.704. The van der Waals surface area contributed by atoms with Gasteiger partial charge in [-0.25, -0.2) is 9.97 Å². The molecule has 1 N–H and O–H groups in total. The Morgan fingerprint density at radius 1 is 1.29 bits per heavy atom. The predicted molar refractivity (Wildman–Crippen MR) is 81.2 cm³/mol. The molecule has 3 aromatic rings. The third kappa shape index (κ3) is 2.39. The molecule has 0 bridgehead atoms. The highest BCUT2D eigenvalue weighted by molar-refractivity contribution is 7.80. The maximum absolute atomic E-state index is 9.65. The van der Waals surface area contributed by atoms with Gasteiger partial charge in [-0.1, -0.05) is 0 Å². The second kappa shape index (κ2) is 5.60. The molecule has 0 saturated carbocycles. The van der Waals surface area contributed by atoms with Gasteiger partial charge in [-0.15, -0.1) is 0 Å². The van der Waals surface area contributed by atoms with Crippen molar-refractivity contribution in [2.75, 3.05) is 12.4 Å². The van der Waals surface area contributed by atoms with E-state index in [0.717, 1.165) is 16.3 Å². The van der Waals surface area contributed by atoms with Crippen molar-refractivity contribution in [2.24, 2.45) is 0 Å². The summed E-state index contributed by atoms with van der Waals surface area (Å²) in [4.78, 5) is 8.34. The SMILES string of the molecule is N#Cc1cc2c3cc(O)cnc3n(COCCS)c2cn1. The van der Waals surface area contributed by atoms with Crippen LogP contribution in [0, 0.1) is 11.3 Å². The van der Waals surface area contributed by atoms with Gasteiger partial charge in [0, 0.05) is 16.5 Å². The fourth-order valence-electron chi connectivity index (χ4n) is 2.27. The summed E-state index contributed by atoms with van der Waals surface area (Å²) in [5.41, 5.74) is 1.81. The topological polar surface area (TPSA) is 84.0 Å². The molecule has 7 heteroatoms. The smallest absolute Gasteiger partial charge is 0.143 e. The number of nitrogens with zero attached hydrogens (tertiary/aromatic N) is 4. The lowest BCUT2D eigenvalue weighted by Gasteiger charge is -2.06. The van der Waals surface area contributed by atoms with Gasteiger partial charge in [0.25, 0.3) is 0 Å². The standard InChI is InChI=1S/C14H12N4O2S/c15-5-9-3-11-12-4-10(19)6-17-14(12)18(8-20-1-2-21)13(11)7-16-9/h3-4,6-7,19,21H,1-2,8H2. The minimum atomic E-state index is 0.0770. The molecule has 0 radical (unpaired) electrons. The molecule has 0 saturated heterocycles. The lowest BCUT2D eigenvalue weighted by Crippen LogP contribution is -2.05. The Morgan fingerprint density at radius 2 is 2.14 bits per heavy atom. The van der Waals surface area contributed by atoms with E-state index in [1.165, 1.54) is 6.20 Å². The molecule has 0 aliphatic rings. The van der Waals surface area contributed by atoms with Gasteiger partial charge < -0.3 is 9.84 Å². The highest BCUT2D eigenvalue weighted by Crippen LogP contribution is 2.29. The van der Waals surface area contributed by atoms with Gasteiger partial charge in [0.1, 0.15) is 29.9 Å². The van der Waals surface area contributed by atoms with Gasteiger partial charge in [-0.05, 0) is 12.1 Å². The summed E-state index contributed by atoms with van der Waals surface area (Å²) in [7, 11) is 0. The predicted octanol–water partition coefficient (Wildman–Crippen LogP) is 2.07. The van der Waals surface area contributed by atoms with Crippen LogP contribution in [-0.4, -0.2) is 32.0 Å². The number of pyridine rings is 2. The molecule has 0 fully saturated rings. The summed E-state index contributed by atoms with van der Waals surface area (Å²) in [6.45, 7) is 0.831. The Kier molecular flexibility index (Phi) is 3.64. The zero-order valence-corrected chi connectivity index (χ0v) is 11.9. The molecule has 0 aliphatic carbocycles. The number of thiol groups is 1. The Labute approximate surface area is 126 Å². The fourth-order valence-corrected chi connectivity index (χ4v) is 2.39. The summed E-state index contributed by atoms with van der Waals surface area (Å²) < 4.78 is 7.38. The van der Waals surface area contributed by atoms with E-state index in [-0.39, 0.29) is 5.75 Å². The number of hydrogen-bond donors (Lipinski definition) is 2. The molecule has 21 heavy (non-hydrogen) atoms. The Balaban J connectivity index is 2.25. The maximum atomic E-state index is 9.65. The van der Waals surface area contributed by atoms with Gasteiger partial charge in [0.2, 0.25) is 0 Å². The molecule has 3 rings (SSSR count). The van der Waals surface area contributed by atoms with E-state index in [4.69, 9.17) is 10.00 Å². The van der Waals surface area contributed by atoms with E-state index in [9.17, 15) is 5.11 Å². The number of nitriles is 1. The monoisotopic (exact) mass is 300 g/mol. The van der Waals surface area contributed by atoms with Gasteiger partial charge >= 0.3 is 0 Å². The Bertz CT molecular complexity index is 853. The Hall–Kier alpha value is -2.30. The molecule has 0 unspecified atom stereocenters. The van der Waals surface area contributed by atoms with Crippen molar-refractivity contribution in [3.8, 4) is 11.8 Å². The molecule has 0 atom stereocenters. The average molecular weight is 300 g/mol. The highest BCUT2D eigenvalue weighted by Gasteiger charge is 2.13. The molecule has 0 spiro atoms. The second-order valence-electron chi connectivity index (χ2n) is 4.45. The molecule has 0 amide bonds. The zero-order valence-electron chi connectivity index (χ0n) is 11.0. The van der Waals surface area contributed by atoms with Crippen LogP contribution in [0.2, 0.25) is 0 Å². The minimum absolute atomic E-state index is 0.0770. The van der Waals surface area contributed by atoms with Crippen LogP contribution in [0.4, 0.5) is 0 Å². The molecule has 106 valence electrons. The molecule has 0 aromatic carbocycles. The third-order valence-corrected chi connectivity index (χ3v) is 3.32. The van der Waals surface area contributed by atoms with Gasteiger partial charge in [0.15, 0.2) is 0 Å². The number of hydrogen-bond acceptors (Lipinski definition) is 6. The van der Waals surface area contributed by atoms with Crippen molar-refractivity contribution in [1.82, 2.24) is 14.5 Å². The fraction of sp³-hybridized carbons (Fsp3) is 0.214. The summed E-state index contributed by atoms with van der Waals surface area (Å²) in [5, 5.41) is 20.2. The third-order valence-electron chi connectivity index (χ3n) is 3.14. The Morgan fingerprint density at radius 3 is 2.90 bits per heavy atom. The van der Waals surface area contributed by atoms with Crippen molar-refractivity contribution in [1.29, 1.82) is 5.26 Å². The average Bonchev–Trinajstić information content (AvgIpc) is 2.80. The first-order chi connectivity index (χ1) is 10.2. The minimum Gasteiger partial charge on any atom is -0.506 e. The molecule has 0 aliphatic heterocycles. The van der Waals surface area contributed by atoms with E-state index in [0.29, 0.717) is 30.4 Å². The first kappa shape index (κ1) is 13.7. The first-order valence-corrected chi connectivity index (χ1v) is 6.93. The summed E-state index contributed by atoms with van der Waals surface area (Å²) in [6, 6.07) is 5.33. The molecule has 6 nitrogen and oxygen atoms in total. The van der Waals surface area contributed by atoms with Crippen molar-refractivity contribution >= 4 is 34.6 Å². The normalized spacial score (nSPS) is 11.0.